The summed E-state index contributed by atoms with van der Waals surface area (Å²) in [6, 6.07) is 4.86. The van der Waals surface area contributed by atoms with Crippen molar-refractivity contribution in [3.63, 3.8) is 0 Å². The summed E-state index contributed by atoms with van der Waals surface area (Å²) in [6.07, 6.45) is -2.09. The lowest BCUT2D eigenvalue weighted by Gasteiger charge is -2.28. The lowest BCUT2D eigenvalue weighted by atomic mass is 9.86. The van der Waals surface area contributed by atoms with Crippen LogP contribution in [0.5, 0.6) is 0 Å². The Bertz CT molecular complexity index is 763. The van der Waals surface area contributed by atoms with E-state index < -0.39 is 11.7 Å². The zero-order valence-electron chi connectivity index (χ0n) is 15.8. The van der Waals surface area contributed by atoms with Crippen molar-refractivity contribution in [2.75, 3.05) is 31.7 Å². The number of nitrogens with one attached hydrogen (secondary N) is 1. The molecule has 0 aliphatic carbocycles. The van der Waals surface area contributed by atoms with E-state index in [1.807, 2.05) is 14.1 Å². The number of rotatable bonds is 6. The maximum atomic E-state index is 12.8. The SMILES string of the molecule is CN(C)CC(C)(C)Cc1cnc(Nc2cccc(C(F)(F)F)c2)nc1N.Cl. The van der Waals surface area contributed by atoms with Crippen molar-refractivity contribution in [3.05, 3.63) is 41.6 Å². The molecule has 0 atom stereocenters. The van der Waals surface area contributed by atoms with E-state index in [0.717, 1.165) is 24.2 Å². The van der Waals surface area contributed by atoms with Gasteiger partial charge in [-0.3, -0.25) is 0 Å². The van der Waals surface area contributed by atoms with Gasteiger partial charge in [-0.25, -0.2) is 4.98 Å². The number of hydrogen-bond donors (Lipinski definition) is 2. The first-order valence-electron chi connectivity index (χ1n) is 8.17. The van der Waals surface area contributed by atoms with E-state index >= 15 is 0 Å². The van der Waals surface area contributed by atoms with Crippen molar-refractivity contribution in [1.29, 1.82) is 0 Å². The van der Waals surface area contributed by atoms with E-state index in [9.17, 15) is 13.2 Å². The summed E-state index contributed by atoms with van der Waals surface area (Å²) in [6.45, 7) is 5.12. The van der Waals surface area contributed by atoms with Crippen LogP contribution in [0.4, 0.5) is 30.6 Å². The summed E-state index contributed by atoms with van der Waals surface area (Å²) in [5, 5.41) is 2.77. The molecular weight excluding hydrogens is 379 g/mol. The van der Waals surface area contributed by atoms with Crippen molar-refractivity contribution in [2.24, 2.45) is 5.41 Å². The molecule has 0 bridgehead atoms. The minimum Gasteiger partial charge on any atom is -0.383 e. The van der Waals surface area contributed by atoms with Gasteiger partial charge in [0.25, 0.3) is 0 Å². The molecule has 1 aromatic carbocycles. The van der Waals surface area contributed by atoms with E-state index in [1.165, 1.54) is 12.1 Å². The van der Waals surface area contributed by atoms with Gasteiger partial charge in [0.15, 0.2) is 0 Å². The summed E-state index contributed by atoms with van der Waals surface area (Å²) in [4.78, 5) is 10.5. The van der Waals surface area contributed by atoms with Crippen molar-refractivity contribution in [3.8, 4) is 0 Å². The third kappa shape index (κ3) is 6.88. The van der Waals surface area contributed by atoms with Crippen molar-refractivity contribution in [2.45, 2.75) is 26.4 Å². The molecule has 5 nitrogen and oxygen atoms in total. The fourth-order valence-corrected chi connectivity index (χ4v) is 2.95. The molecule has 0 fully saturated rings. The van der Waals surface area contributed by atoms with E-state index in [0.29, 0.717) is 12.2 Å². The van der Waals surface area contributed by atoms with Crippen LogP contribution in [0.3, 0.4) is 0 Å². The predicted octanol–water partition coefficient (Wildman–Crippen LogP) is 4.37. The van der Waals surface area contributed by atoms with Crippen LogP contribution in [0.15, 0.2) is 30.5 Å². The highest BCUT2D eigenvalue weighted by Crippen LogP contribution is 2.31. The quantitative estimate of drug-likeness (QED) is 0.749. The Balaban J connectivity index is 0.00000364. The maximum absolute atomic E-state index is 12.8. The van der Waals surface area contributed by atoms with E-state index in [2.05, 4.69) is 34.0 Å². The fourth-order valence-electron chi connectivity index (χ4n) is 2.95. The van der Waals surface area contributed by atoms with Crippen molar-refractivity contribution in [1.82, 2.24) is 14.9 Å². The summed E-state index contributed by atoms with van der Waals surface area (Å²) in [5.74, 6) is 0.484. The van der Waals surface area contributed by atoms with Crippen LogP contribution in [-0.2, 0) is 12.6 Å². The van der Waals surface area contributed by atoms with Gasteiger partial charge in [0.1, 0.15) is 5.82 Å². The number of nitrogens with zero attached hydrogens (tertiary/aromatic N) is 3. The van der Waals surface area contributed by atoms with Crippen molar-refractivity contribution < 1.29 is 13.2 Å². The van der Waals surface area contributed by atoms with Gasteiger partial charge in [0, 0.05) is 24.0 Å². The molecule has 0 saturated heterocycles. The van der Waals surface area contributed by atoms with E-state index in [1.54, 1.807) is 6.20 Å². The Morgan fingerprint density at radius 2 is 1.85 bits per heavy atom. The van der Waals surface area contributed by atoms with Crippen LogP contribution in [0.1, 0.15) is 25.0 Å². The second-order valence-corrected chi connectivity index (χ2v) is 7.39. The molecule has 0 aliphatic rings. The number of alkyl halides is 3. The van der Waals surface area contributed by atoms with Crippen LogP contribution in [0, 0.1) is 5.41 Å². The highest BCUT2D eigenvalue weighted by Gasteiger charge is 2.30. The van der Waals surface area contributed by atoms with Crippen LogP contribution >= 0.6 is 12.4 Å². The molecule has 0 spiro atoms. The highest BCUT2D eigenvalue weighted by molar-refractivity contribution is 5.85. The summed E-state index contributed by atoms with van der Waals surface area (Å²) >= 11 is 0. The van der Waals surface area contributed by atoms with Gasteiger partial charge in [-0.05, 0) is 44.1 Å². The Kier molecular flexibility index (Phi) is 7.45. The van der Waals surface area contributed by atoms with Crippen molar-refractivity contribution >= 4 is 29.9 Å². The summed E-state index contributed by atoms with van der Waals surface area (Å²) < 4.78 is 38.4. The van der Waals surface area contributed by atoms with Crippen LogP contribution in [0.25, 0.3) is 0 Å². The van der Waals surface area contributed by atoms with Crippen LogP contribution in [-0.4, -0.2) is 35.5 Å². The smallest absolute Gasteiger partial charge is 0.383 e. The number of hydrogen-bond acceptors (Lipinski definition) is 5. The molecule has 150 valence electrons. The number of halogens is 4. The monoisotopic (exact) mass is 403 g/mol. The van der Waals surface area contributed by atoms with Gasteiger partial charge in [-0.15, -0.1) is 12.4 Å². The first-order chi connectivity index (χ1) is 12.0. The molecule has 1 aromatic heterocycles. The predicted molar refractivity (Wildman–Crippen MR) is 104 cm³/mol. The number of nitrogens with two attached hydrogens (primary N) is 1. The summed E-state index contributed by atoms with van der Waals surface area (Å²) in [7, 11) is 4.01. The Morgan fingerprint density at radius 3 is 2.41 bits per heavy atom. The fraction of sp³-hybridized carbons (Fsp3) is 0.444. The van der Waals surface area contributed by atoms with Gasteiger partial charge in [-0.1, -0.05) is 19.9 Å². The largest absolute Gasteiger partial charge is 0.416 e. The average molecular weight is 404 g/mol. The molecular formula is C18H25ClF3N5. The molecule has 1 heterocycles. The molecule has 3 N–H and O–H groups in total. The number of anilines is 3. The summed E-state index contributed by atoms with van der Waals surface area (Å²) in [5.41, 5.74) is 6.33. The third-order valence-corrected chi connectivity index (χ3v) is 3.76. The average Bonchev–Trinajstić information content (AvgIpc) is 2.48. The molecule has 2 rings (SSSR count). The lowest BCUT2D eigenvalue weighted by Crippen LogP contribution is -2.30. The minimum atomic E-state index is -4.40. The third-order valence-electron chi connectivity index (χ3n) is 3.76. The molecule has 0 unspecified atom stereocenters. The first kappa shape index (κ1) is 23.0. The van der Waals surface area contributed by atoms with Crippen LogP contribution < -0.4 is 11.1 Å². The van der Waals surface area contributed by atoms with E-state index in [4.69, 9.17) is 5.73 Å². The second kappa shape index (κ2) is 8.75. The number of nitrogen functional groups attached to an aromatic ring is 1. The van der Waals surface area contributed by atoms with Gasteiger partial charge in [0.05, 0.1) is 5.56 Å². The van der Waals surface area contributed by atoms with Crippen LogP contribution in [0.2, 0.25) is 0 Å². The Hall–Kier alpha value is -2.06. The lowest BCUT2D eigenvalue weighted by molar-refractivity contribution is -0.137. The minimum absolute atomic E-state index is 0. The first-order valence-corrected chi connectivity index (χ1v) is 8.17. The molecule has 9 heteroatoms. The Labute approximate surface area is 163 Å². The zero-order chi connectivity index (χ0) is 19.5. The Morgan fingerprint density at radius 1 is 1.19 bits per heavy atom. The van der Waals surface area contributed by atoms with Gasteiger partial charge >= 0.3 is 6.18 Å². The normalized spacial score (nSPS) is 12.0. The molecule has 0 saturated carbocycles. The van der Waals surface area contributed by atoms with Gasteiger partial charge in [-0.2, -0.15) is 18.2 Å². The van der Waals surface area contributed by atoms with Gasteiger partial charge in [0.2, 0.25) is 5.95 Å². The number of benzene rings is 1. The molecule has 0 radical (unpaired) electrons. The molecule has 27 heavy (non-hydrogen) atoms. The second-order valence-electron chi connectivity index (χ2n) is 7.39. The topological polar surface area (TPSA) is 67.1 Å². The van der Waals surface area contributed by atoms with E-state index in [-0.39, 0.29) is 29.5 Å². The number of aromatic nitrogens is 2. The highest BCUT2D eigenvalue weighted by atomic mass is 35.5. The maximum Gasteiger partial charge on any atom is 0.416 e. The standard InChI is InChI=1S/C18H24F3N5.ClH/c1-17(2,11-26(3)4)9-12-10-23-16(25-15(12)22)24-14-7-5-6-13(8-14)18(19,20)21;/h5-8,10H,9,11H2,1-4H3,(H3,22,23,24,25);1H. The zero-order valence-corrected chi connectivity index (χ0v) is 16.6. The van der Waals surface area contributed by atoms with Gasteiger partial charge < -0.3 is 16.0 Å². The molecule has 0 amide bonds. The molecule has 2 aromatic rings. The molecule has 0 aliphatic heterocycles.